The molecule has 0 spiro atoms. The Labute approximate surface area is 144 Å². The van der Waals surface area contributed by atoms with Crippen LogP contribution in [0.25, 0.3) is 0 Å². The van der Waals surface area contributed by atoms with Crippen molar-refractivity contribution in [3.63, 3.8) is 0 Å². The number of nitriles is 1. The van der Waals surface area contributed by atoms with Crippen LogP contribution in [0.5, 0.6) is 5.75 Å². The van der Waals surface area contributed by atoms with Gasteiger partial charge in [0, 0.05) is 6.20 Å². The van der Waals surface area contributed by atoms with Crippen LogP contribution in [0.2, 0.25) is 0 Å². The fraction of sp³-hybridized carbons (Fsp3) is 0.312. The van der Waals surface area contributed by atoms with Crippen molar-refractivity contribution in [3.8, 4) is 11.8 Å². The number of aliphatic carboxylic acids is 1. The number of aromatic hydroxyl groups is 1. The zero-order chi connectivity index (χ0) is 18.1. The zero-order valence-electron chi connectivity index (χ0n) is 13.4. The summed E-state index contributed by atoms with van der Waals surface area (Å²) in [6, 6.07) is 5.54. The lowest BCUT2D eigenvalue weighted by molar-refractivity contribution is -0.141. The second-order valence-electron chi connectivity index (χ2n) is 4.98. The maximum Gasteiger partial charge on any atom is 0.326 e. The highest BCUT2D eigenvalue weighted by molar-refractivity contribution is 7.98. The van der Waals surface area contributed by atoms with Gasteiger partial charge in [0.2, 0.25) is 0 Å². The van der Waals surface area contributed by atoms with Crippen molar-refractivity contribution in [3.05, 3.63) is 35.5 Å². The number of nitrogens with one attached hydrogen (secondary N) is 2. The average Bonchev–Trinajstić information content (AvgIpc) is 2.53. The monoisotopic (exact) mass is 349 g/mol. The lowest BCUT2D eigenvalue weighted by Gasteiger charge is -2.13. The van der Waals surface area contributed by atoms with Crippen LogP contribution in [0.15, 0.2) is 30.0 Å². The summed E-state index contributed by atoms with van der Waals surface area (Å²) in [6.07, 6.45) is 3.22. The molecule has 0 aromatic heterocycles. The summed E-state index contributed by atoms with van der Waals surface area (Å²) in [4.78, 5) is 23.2. The van der Waals surface area contributed by atoms with Crippen molar-refractivity contribution in [2.24, 2.45) is 0 Å². The van der Waals surface area contributed by atoms with E-state index in [1.165, 1.54) is 17.8 Å². The number of thioether (sulfide) groups is 1. The van der Waals surface area contributed by atoms with Crippen LogP contribution >= 0.6 is 11.8 Å². The van der Waals surface area contributed by atoms with Gasteiger partial charge >= 0.3 is 5.97 Å². The fourth-order valence-electron chi connectivity index (χ4n) is 1.79. The van der Waals surface area contributed by atoms with Gasteiger partial charge in [-0.25, -0.2) is 4.79 Å². The van der Waals surface area contributed by atoms with Gasteiger partial charge in [0.1, 0.15) is 23.4 Å². The first kappa shape index (κ1) is 19.4. The number of carboxylic acids is 1. The molecule has 8 heteroatoms. The molecule has 4 N–H and O–H groups in total. The highest BCUT2D eigenvalue weighted by atomic mass is 32.2. The van der Waals surface area contributed by atoms with E-state index in [1.54, 1.807) is 18.2 Å². The van der Waals surface area contributed by atoms with Crippen LogP contribution in [0.4, 0.5) is 5.69 Å². The molecule has 1 aromatic rings. The van der Waals surface area contributed by atoms with Gasteiger partial charge < -0.3 is 20.8 Å². The van der Waals surface area contributed by atoms with E-state index in [0.717, 1.165) is 11.8 Å². The minimum Gasteiger partial charge on any atom is -0.506 e. The van der Waals surface area contributed by atoms with Crippen LogP contribution in [0.1, 0.15) is 12.0 Å². The summed E-state index contributed by atoms with van der Waals surface area (Å²) in [6.45, 7) is 1.81. The zero-order valence-corrected chi connectivity index (χ0v) is 14.2. The molecule has 0 aliphatic heterocycles. The number of carboxylic acid groups (broad SMARTS) is 1. The Morgan fingerprint density at radius 3 is 2.71 bits per heavy atom. The van der Waals surface area contributed by atoms with Crippen LogP contribution in [-0.4, -0.2) is 40.1 Å². The maximum atomic E-state index is 12.0. The van der Waals surface area contributed by atoms with E-state index in [2.05, 4.69) is 10.6 Å². The largest absolute Gasteiger partial charge is 0.506 e. The van der Waals surface area contributed by atoms with E-state index >= 15 is 0 Å². The Hall–Kier alpha value is -2.66. The summed E-state index contributed by atoms with van der Waals surface area (Å²) in [5.74, 6) is -1.39. The number of hydrogen-bond acceptors (Lipinski definition) is 6. The highest BCUT2D eigenvalue weighted by Gasteiger charge is 2.21. The molecular weight excluding hydrogens is 330 g/mol. The Morgan fingerprint density at radius 1 is 1.46 bits per heavy atom. The normalized spacial score (nSPS) is 12.1. The van der Waals surface area contributed by atoms with Crippen molar-refractivity contribution in [2.75, 3.05) is 17.3 Å². The lowest BCUT2D eigenvalue weighted by atomic mass is 10.2. The molecule has 7 nitrogen and oxygen atoms in total. The lowest BCUT2D eigenvalue weighted by Crippen LogP contribution is -2.41. The van der Waals surface area contributed by atoms with Gasteiger partial charge in [0.05, 0.1) is 5.69 Å². The van der Waals surface area contributed by atoms with Gasteiger partial charge in [0.25, 0.3) is 5.91 Å². The molecule has 0 heterocycles. The summed E-state index contributed by atoms with van der Waals surface area (Å²) >= 11 is 1.46. The van der Waals surface area contributed by atoms with Crippen molar-refractivity contribution < 1.29 is 19.8 Å². The molecule has 24 heavy (non-hydrogen) atoms. The molecule has 0 saturated heterocycles. The number of carbonyl (C=O) groups is 2. The third kappa shape index (κ3) is 5.85. The van der Waals surface area contributed by atoms with Gasteiger partial charge in [-0.1, -0.05) is 6.07 Å². The van der Waals surface area contributed by atoms with E-state index < -0.39 is 17.9 Å². The molecule has 128 valence electrons. The van der Waals surface area contributed by atoms with Crippen LogP contribution in [0.3, 0.4) is 0 Å². The molecular formula is C16H19N3O4S. The number of benzene rings is 1. The van der Waals surface area contributed by atoms with Gasteiger partial charge in [0.15, 0.2) is 0 Å². The van der Waals surface area contributed by atoms with Crippen molar-refractivity contribution in [1.82, 2.24) is 5.32 Å². The first-order valence-electron chi connectivity index (χ1n) is 7.08. The molecule has 0 bridgehead atoms. The molecule has 1 aromatic carbocycles. The topological polar surface area (TPSA) is 122 Å². The van der Waals surface area contributed by atoms with E-state index in [4.69, 9.17) is 10.4 Å². The first-order chi connectivity index (χ1) is 11.4. The number of carbonyl (C=O) groups excluding carboxylic acids is 1. The van der Waals surface area contributed by atoms with Gasteiger partial charge in [-0.3, -0.25) is 4.79 Å². The predicted molar refractivity (Wildman–Crippen MR) is 92.7 cm³/mol. The Kier molecular flexibility index (Phi) is 7.65. The van der Waals surface area contributed by atoms with Gasteiger partial charge in [-0.05, 0) is 43.0 Å². The molecule has 0 saturated carbocycles. The molecule has 0 aliphatic rings. The van der Waals surface area contributed by atoms with Crippen LogP contribution < -0.4 is 10.6 Å². The Balaban J connectivity index is 2.81. The molecule has 0 radical (unpaired) electrons. The number of nitrogens with zero attached hydrogens (tertiary/aromatic N) is 1. The SMILES string of the molecule is CSCCC(NC(=O)/C(C#N)=C\Nc1ccc(C)cc1O)C(=O)O. The van der Waals surface area contributed by atoms with E-state index in [0.29, 0.717) is 11.4 Å². The van der Waals surface area contributed by atoms with Gasteiger partial charge in [-0.2, -0.15) is 17.0 Å². The maximum absolute atomic E-state index is 12.0. The number of rotatable bonds is 8. The summed E-state index contributed by atoms with van der Waals surface area (Å²) in [5.41, 5.74) is 0.905. The third-order valence-electron chi connectivity index (χ3n) is 3.10. The number of aryl methyl sites for hydroxylation is 1. The number of anilines is 1. The smallest absolute Gasteiger partial charge is 0.326 e. The summed E-state index contributed by atoms with van der Waals surface area (Å²) in [7, 11) is 0. The summed E-state index contributed by atoms with van der Waals surface area (Å²) < 4.78 is 0. The van der Waals surface area contributed by atoms with Gasteiger partial charge in [-0.15, -0.1) is 0 Å². The number of hydrogen-bond donors (Lipinski definition) is 4. The second kappa shape index (κ2) is 9.47. The summed E-state index contributed by atoms with van der Waals surface area (Å²) in [5, 5.41) is 32.9. The Bertz CT molecular complexity index is 682. The van der Waals surface area contributed by atoms with Crippen molar-refractivity contribution >= 4 is 29.3 Å². The molecule has 1 unspecified atom stereocenters. The van der Waals surface area contributed by atoms with Crippen LogP contribution in [0, 0.1) is 18.3 Å². The van der Waals surface area contributed by atoms with Crippen LogP contribution in [-0.2, 0) is 9.59 Å². The number of amides is 1. The quantitative estimate of drug-likeness (QED) is 0.321. The third-order valence-corrected chi connectivity index (χ3v) is 3.75. The predicted octanol–water partition coefficient (Wildman–Crippen LogP) is 1.84. The van der Waals surface area contributed by atoms with Crippen molar-refractivity contribution in [2.45, 2.75) is 19.4 Å². The number of phenolic OH excluding ortho intramolecular Hbond substituents is 1. The second-order valence-corrected chi connectivity index (χ2v) is 5.97. The minimum atomic E-state index is -1.15. The molecule has 0 fully saturated rings. The molecule has 1 amide bonds. The first-order valence-corrected chi connectivity index (χ1v) is 8.47. The minimum absolute atomic E-state index is 0.0210. The fourth-order valence-corrected chi connectivity index (χ4v) is 2.26. The average molecular weight is 349 g/mol. The standard InChI is InChI=1S/C16H19N3O4S/c1-10-3-4-12(14(20)7-10)18-9-11(8-17)15(21)19-13(16(22)23)5-6-24-2/h3-4,7,9,13,18,20H,5-6H2,1-2H3,(H,19,21)(H,22,23)/b11-9-. The van der Waals surface area contributed by atoms with E-state index in [9.17, 15) is 14.7 Å². The van der Waals surface area contributed by atoms with E-state index in [1.807, 2.05) is 13.2 Å². The molecule has 1 rings (SSSR count). The van der Waals surface area contributed by atoms with E-state index in [-0.39, 0.29) is 17.7 Å². The molecule has 0 aliphatic carbocycles. The number of phenols is 1. The van der Waals surface area contributed by atoms with Crippen molar-refractivity contribution in [1.29, 1.82) is 5.26 Å². The Morgan fingerprint density at radius 2 is 2.17 bits per heavy atom. The highest BCUT2D eigenvalue weighted by Crippen LogP contribution is 2.23. The molecule has 1 atom stereocenters.